The van der Waals surface area contributed by atoms with Crippen LogP contribution < -0.4 is 10.7 Å². The molecule has 0 radical (unpaired) electrons. The Morgan fingerprint density at radius 1 is 1.29 bits per heavy atom. The van der Waals surface area contributed by atoms with Crippen molar-refractivity contribution in [2.24, 2.45) is 0 Å². The summed E-state index contributed by atoms with van der Waals surface area (Å²) in [4.78, 5) is 40.8. The Balaban J connectivity index is 1.52. The molecule has 4 atom stereocenters. The summed E-state index contributed by atoms with van der Waals surface area (Å²) in [6.45, 7) is 2.34. The maximum absolute atomic E-state index is 14.2. The summed E-state index contributed by atoms with van der Waals surface area (Å²) in [5, 5.41) is 12.4. The molecule has 0 aliphatic carbocycles. The number of carbonyl (C=O) groups is 2. The molecule has 2 amide bonds. The van der Waals surface area contributed by atoms with E-state index in [9.17, 15) is 28.3 Å². The van der Waals surface area contributed by atoms with Gasteiger partial charge in [-0.2, -0.15) is 0 Å². The lowest BCUT2D eigenvalue weighted by molar-refractivity contribution is -0.101. The smallest absolute Gasteiger partial charge is 0.275 e. The highest BCUT2D eigenvalue weighted by Gasteiger charge is 2.50. The van der Waals surface area contributed by atoms with Crippen molar-refractivity contribution >= 4 is 23.4 Å². The lowest BCUT2D eigenvalue weighted by atomic mass is 9.91. The Morgan fingerprint density at radius 3 is 2.83 bits per heavy atom. The fraction of sp³-hybridized carbons (Fsp3) is 0.435. The zero-order chi connectivity index (χ0) is 25.0. The van der Waals surface area contributed by atoms with E-state index in [4.69, 9.17) is 21.1 Å². The minimum atomic E-state index is -1.04. The first-order valence-corrected chi connectivity index (χ1v) is 11.5. The molecule has 4 heterocycles. The zero-order valence-electron chi connectivity index (χ0n) is 18.6. The number of halogens is 3. The number of fused-ring (bicyclic) bond motifs is 2. The Morgan fingerprint density at radius 2 is 2.06 bits per heavy atom. The SMILES string of the molecule is C[C@@H]1CO[C@H]2CCOCC3[C@H]2N1C(=O)c1c(O)c(=O)c(C(=O)NCc2ccc(F)c(Cl)c2F)cn13. The lowest BCUT2D eigenvalue weighted by Gasteiger charge is -2.50. The first-order chi connectivity index (χ1) is 16.7. The number of benzene rings is 1. The van der Waals surface area contributed by atoms with Crippen LogP contribution in [0, 0.1) is 11.6 Å². The maximum atomic E-state index is 14.2. The van der Waals surface area contributed by atoms with Gasteiger partial charge in [-0.15, -0.1) is 0 Å². The van der Waals surface area contributed by atoms with E-state index in [1.807, 2.05) is 6.92 Å². The molecular weight excluding hydrogens is 488 g/mol. The summed E-state index contributed by atoms with van der Waals surface area (Å²) in [7, 11) is 0. The van der Waals surface area contributed by atoms with Gasteiger partial charge in [0.15, 0.2) is 11.4 Å². The van der Waals surface area contributed by atoms with Gasteiger partial charge in [0.1, 0.15) is 22.2 Å². The second-order valence-electron chi connectivity index (χ2n) is 8.85. The van der Waals surface area contributed by atoms with Crippen molar-refractivity contribution in [3.05, 3.63) is 62.0 Å². The van der Waals surface area contributed by atoms with Crippen LogP contribution in [0.4, 0.5) is 8.78 Å². The van der Waals surface area contributed by atoms with Crippen LogP contribution in [0.3, 0.4) is 0 Å². The van der Waals surface area contributed by atoms with Gasteiger partial charge < -0.3 is 29.4 Å². The standard InChI is InChI=1S/C23H22ClF2N3O6/c1-10-8-35-15-4-5-34-9-14-18(15)29(10)23(33)19-21(31)20(30)12(7-28(14)19)22(32)27-6-11-2-3-13(25)16(24)17(11)26/h2-3,7,10,14-15,18,31H,4-6,8-9H2,1H3,(H,27,32)/t10-,14?,15+,18-/m1/s1. The van der Waals surface area contributed by atoms with E-state index in [1.54, 1.807) is 4.90 Å². The van der Waals surface area contributed by atoms with Gasteiger partial charge in [0.2, 0.25) is 5.43 Å². The van der Waals surface area contributed by atoms with Gasteiger partial charge in [0.05, 0.1) is 37.4 Å². The van der Waals surface area contributed by atoms with E-state index in [0.717, 1.165) is 12.1 Å². The fourth-order valence-corrected chi connectivity index (χ4v) is 5.22. The van der Waals surface area contributed by atoms with Crippen LogP contribution in [0.5, 0.6) is 5.75 Å². The zero-order valence-corrected chi connectivity index (χ0v) is 19.3. The molecule has 0 saturated carbocycles. The van der Waals surface area contributed by atoms with Crippen LogP contribution in [0.25, 0.3) is 0 Å². The summed E-state index contributed by atoms with van der Waals surface area (Å²) >= 11 is 5.58. The average molecular weight is 510 g/mol. The van der Waals surface area contributed by atoms with Gasteiger partial charge in [-0.05, 0) is 19.4 Å². The summed E-state index contributed by atoms with van der Waals surface area (Å²) < 4.78 is 40.7. The molecule has 186 valence electrons. The van der Waals surface area contributed by atoms with Crippen molar-refractivity contribution < 1.29 is 33.0 Å². The fourth-order valence-electron chi connectivity index (χ4n) is 5.03. The van der Waals surface area contributed by atoms with E-state index >= 15 is 0 Å². The first kappa shape index (κ1) is 23.7. The van der Waals surface area contributed by atoms with Gasteiger partial charge in [-0.25, -0.2) is 8.78 Å². The molecule has 35 heavy (non-hydrogen) atoms. The first-order valence-electron chi connectivity index (χ1n) is 11.1. The Labute approximate surface area is 203 Å². The van der Waals surface area contributed by atoms with Crippen molar-refractivity contribution in [1.82, 2.24) is 14.8 Å². The molecule has 1 aromatic heterocycles. The Bertz CT molecular complexity index is 1280. The Hall–Kier alpha value is -3.02. The molecule has 2 saturated heterocycles. The summed E-state index contributed by atoms with van der Waals surface area (Å²) in [5.41, 5.74) is -1.79. The lowest BCUT2D eigenvalue weighted by Crippen LogP contribution is -2.64. The topological polar surface area (TPSA) is 110 Å². The number of hydrogen-bond acceptors (Lipinski definition) is 6. The van der Waals surface area contributed by atoms with E-state index in [1.165, 1.54) is 10.8 Å². The van der Waals surface area contributed by atoms with Gasteiger partial charge in [0.25, 0.3) is 11.8 Å². The predicted octanol–water partition coefficient (Wildman–Crippen LogP) is 1.99. The van der Waals surface area contributed by atoms with Gasteiger partial charge in [-0.1, -0.05) is 17.7 Å². The summed E-state index contributed by atoms with van der Waals surface area (Å²) in [5.74, 6) is -4.26. The molecule has 2 N–H and O–H groups in total. The number of amides is 2. The number of nitrogens with one attached hydrogen (secondary N) is 1. The number of hydrogen-bond donors (Lipinski definition) is 2. The van der Waals surface area contributed by atoms with Gasteiger partial charge >= 0.3 is 0 Å². The normalized spacial score (nSPS) is 25.5. The molecule has 5 rings (SSSR count). The predicted molar refractivity (Wildman–Crippen MR) is 119 cm³/mol. The number of morpholine rings is 1. The summed E-state index contributed by atoms with van der Waals surface area (Å²) in [6.07, 6.45) is 1.48. The summed E-state index contributed by atoms with van der Waals surface area (Å²) in [6, 6.07) is 0.876. The van der Waals surface area contributed by atoms with Crippen LogP contribution in [0.1, 0.15) is 45.8 Å². The van der Waals surface area contributed by atoms with Gasteiger partial charge in [0, 0.05) is 24.9 Å². The highest BCUT2D eigenvalue weighted by Crippen LogP contribution is 2.39. The quantitative estimate of drug-likeness (QED) is 0.612. The number of aromatic hydroxyl groups is 1. The highest BCUT2D eigenvalue weighted by molar-refractivity contribution is 6.30. The van der Waals surface area contributed by atoms with Crippen molar-refractivity contribution in [1.29, 1.82) is 0 Å². The number of ether oxygens (including phenoxy) is 2. The monoisotopic (exact) mass is 509 g/mol. The third-order valence-corrected chi connectivity index (χ3v) is 7.11. The minimum absolute atomic E-state index is 0.0915. The Kier molecular flexibility index (Phi) is 6.02. The van der Waals surface area contributed by atoms with Crippen LogP contribution in [0.2, 0.25) is 5.02 Å². The second-order valence-corrected chi connectivity index (χ2v) is 9.23. The van der Waals surface area contributed by atoms with Crippen LogP contribution in [-0.2, 0) is 16.0 Å². The molecule has 2 aromatic rings. The number of aromatic nitrogens is 1. The number of nitrogens with zero attached hydrogens (tertiary/aromatic N) is 2. The van der Waals surface area contributed by atoms with Crippen LogP contribution in [-0.4, -0.2) is 64.4 Å². The molecule has 2 fully saturated rings. The van der Waals surface area contributed by atoms with Crippen molar-refractivity contribution in [3.63, 3.8) is 0 Å². The van der Waals surface area contributed by atoms with Crippen molar-refractivity contribution in [2.75, 3.05) is 19.8 Å². The molecule has 3 aliphatic heterocycles. The van der Waals surface area contributed by atoms with E-state index in [-0.39, 0.29) is 36.6 Å². The van der Waals surface area contributed by atoms with E-state index in [2.05, 4.69) is 5.32 Å². The van der Waals surface area contributed by atoms with Crippen LogP contribution >= 0.6 is 11.6 Å². The maximum Gasteiger partial charge on any atom is 0.275 e. The van der Waals surface area contributed by atoms with E-state index in [0.29, 0.717) is 19.6 Å². The highest BCUT2D eigenvalue weighted by atomic mass is 35.5. The largest absolute Gasteiger partial charge is 0.503 e. The van der Waals surface area contributed by atoms with Crippen LogP contribution in [0.15, 0.2) is 23.1 Å². The van der Waals surface area contributed by atoms with Gasteiger partial charge in [-0.3, -0.25) is 14.4 Å². The minimum Gasteiger partial charge on any atom is -0.503 e. The molecule has 0 spiro atoms. The molecule has 12 heteroatoms. The van der Waals surface area contributed by atoms with Crippen molar-refractivity contribution in [2.45, 2.75) is 44.1 Å². The third kappa shape index (κ3) is 3.78. The molecular formula is C23H22ClF2N3O6. The third-order valence-electron chi connectivity index (χ3n) is 6.76. The van der Waals surface area contributed by atoms with Crippen molar-refractivity contribution in [3.8, 4) is 5.75 Å². The molecule has 3 aliphatic rings. The molecule has 9 nitrogen and oxygen atoms in total. The van der Waals surface area contributed by atoms with E-state index < -0.39 is 57.3 Å². The molecule has 0 bridgehead atoms. The average Bonchev–Trinajstić information content (AvgIpc) is 3.05. The molecule has 1 aromatic carbocycles. The number of pyridine rings is 1. The molecule has 1 unspecified atom stereocenters. The number of carbonyl (C=O) groups excluding carboxylic acids is 2. The second kappa shape index (κ2) is 8.89. The number of rotatable bonds is 3.